The van der Waals surface area contributed by atoms with Crippen molar-refractivity contribution in [1.29, 1.82) is 0 Å². The van der Waals surface area contributed by atoms with Crippen molar-refractivity contribution in [2.45, 2.75) is 19.3 Å². The van der Waals surface area contributed by atoms with Gasteiger partial charge in [-0.15, -0.1) is 0 Å². The first-order chi connectivity index (χ1) is 4.38. The molecule has 1 fully saturated rings. The molecule has 1 heterocycles. The Morgan fingerprint density at radius 2 is 2.33 bits per heavy atom. The smallest absolute Gasteiger partial charge is 0.186 e. The summed E-state index contributed by atoms with van der Waals surface area (Å²) in [5.41, 5.74) is 0. The maximum atomic E-state index is 5.08. The third-order valence-corrected chi connectivity index (χ3v) is 1.25. The quantitative estimate of drug-likeness (QED) is 0.518. The van der Waals surface area contributed by atoms with E-state index in [1.165, 1.54) is 0 Å². The van der Waals surface area contributed by atoms with Gasteiger partial charge in [-0.25, -0.2) is 0 Å². The molecule has 0 bridgehead atoms. The third kappa shape index (κ3) is 1.93. The van der Waals surface area contributed by atoms with Crippen LogP contribution in [0.15, 0.2) is 0 Å². The number of methoxy groups -OCH3 is 1. The van der Waals surface area contributed by atoms with Crippen molar-refractivity contribution in [3.05, 3.63) is 0 Å². The van der Waals surface area contributed by atoms with Gasteiger partial charge in [0.1, 0.15) is 6.10 Å². The Morgan fingerprint density at radius 1 is 1.56 bits per heavy atom. The van der Waals surface area contributed by atoms with Crippen LogP contribution in [0.2, 0.25) is 0 Å². The Morgan fingerprint density at radius 3 is 2.78 bits per heavy atom. The summed E-state index contributed by atoms with van der Waals surface area (Å²) in [7, 11) is 1.64. The number of ether oxygens (including phenoxy) is 3. The molecule has 0 radical (unpaired) electrons. The van der Waals surface area contributed by atoms with E-state index in [-0.39, 0.29) is 12.4 Å². The molecule has 0 aromatic heterocycles. The Bertz CT molecular complexity index is 84.4. The lowest BCUT2D eigenvalue weighted by molar-refractivity contribution is 0.0949. The molecule has 1 rings (SSSR count). The zero-order chi connectivity index (χ0) is 6.69. The molecular weight excluding hydrogens is 120 g/mol. The fraction of sp³-hybridized carbons (Fsp3) is 1.00. The summed E-state index contributed by atoms with van der Waals surface area (Å²) < 4.78 is 15.0. The zero-order valence-corrected chi connectivity index (χ0v) is 5.79. The van der Waals surface area contributed by atoms with E-state index in [1.807, 2.05) is 6.92 Å². The van der Waals surface area contributed by atoms with Crippen molar-refractivity contribution in [1.82, 2.24) is 0 Å². The van der Waals surface area contributed by atoms with Crippen molar-refractivity contribution >= 4 is 0 Å². The molecule has 1 saturated heterocycles. The first-order valence-electron chi connectivity index (χ1n) is 3.14. The molecule has 0 aliphatic carbocycles. The Labute approximate surface area is 54.9 Å². The topological polar surface area (TPSA) is 31.0 Å². The normalized spacial score (nSPS) is 32.7. The molecule has 0 aromatic carbocycles. The average Bonchev–Trinajstić information content (AvgIpc) is 2.62. The Kier molecular flexibility index (Phi) is 2.45. The van der Waals surface area contributed by atoms with E-state index in [0.717, 1.165) is 6.61 Å². The second-order valence-electron chi connectivity index (χ2n) is 1.94. The van der Waals surface area contributed by atoms with Gasteiger partial charge in [0.25, 0.3) is 0 Å². The fourth-order valence-electron chi connectivity index (χ4n) is 0.686. The van der Waals surface area contributed by atoms with E-state index in [9.17, 15) is 0 Å². The van der Waals surface area contributed by atoms with E-state index in [2.05, 4.69) is 0 Å². The molecule has 54 valence electrons. The SMILES string of the molecule is CCOCC1OC1OC. The summed E-state index contributed by atoms with van der Waals surface area (Å²) in [6.07, 6.45) is 0.187. The van der Waals surface area contributed by atoms with Crippen molar-refractivity contribution in [3.8, 4) is 0 Å². The molecule has 1 aliphatic rings. The van der Waals surface area contributed by atoms with Crippen LogP contribution in [0, 0.1) is 0 Å². The van der Waals surface area contributed by atoms with Crippen LogP contribution in [0.1, 0.15) is 6.92 Å². The van der Waals surface area contributed by atoms with Crippen LogP contribution in [0.3, 0.4) is 0 Å². The van der Waals surface area contributed by atoms with Crippen LogP contribution >= 0.6 is 0 Å². The van der Waals surface area contributed by atoms with Gasteiger partial charge in [0, 0.05) is 13.7 Å². The summed E-state index contributed by atoms with van der Waals surface area (Å²) >= 11 is 0. The molecule has 0 N–H and O–H groups in total. The van der Waals surface area contributed by atoms with Gasteiger partial charge in [0.05, 0.1) is 6.61 Å². The van der Waals surface area contributed by atoms with Gasteiger partial charge in [-0.2, -0.15) is 0 Å². The molecule has 2 unspecified atom stereocenters. The molecule has 1 aliphatic heterocycles. The minimum atomic E-state index is -0.00319. The van der Waals surface area contributed by atoms with Gasteiger partial charge in [-0.1, -0.05) is 0 Å². The minimum absolute atomic E-state index is 0.00319. The van der Waals surface area contributed by atoms with Gasteiger partial charge in [-0.3, -0.25) is 0 Å². The Balaban J connectivity index is 1.92. The minimum Gasteiger partial charge on any atom is -0.379 e. The summed E-state index contributed by atoms with van der Waals surface area (Å²) in [6.45, 7) is 3.37. The van der Waals surface area contributed by atoms with Crippen LogP contribution in [-0.4, -0.2) is 32.7 Å². The lowest BCUT2D eigenvalue weighted by Gasteiger charge is -1.93. The number of hydrogen-bond acceptors (Lipinski definition) is 3. The van der Waals surface area contributed by atoms with Gasteiger partial charge >= 0.3 is 0 Å². The molecule has 0 spiro atoms. The summed E-state index contributed by atoms with van der Waals surface area (Å²) in [5.74, 6) is 0. The predicted molar refractivity (Wildman–Crippen MR) is 32.2 cm³/mol. The third-order valence-electron chi connectivity index (χ3n) is 1.25. The van der Waals surface area contributed by atoms with Crippen molar-refractivity contribution in [2.75, 3.05) is 20.3 Å². The summed E-state index contributed by atoms with van der Waals surface area (Å²) in [5, 5.41) is 0. The first-order valence-corrected chi connectivity index (χ1v) is 3.14. The highest BCUT2D eigenvalue weighted by Gasteiger charge is 2.38. The van der Waals surface area contributed by atoms with Crippen molar-refractivity contribution < 1.29 is 14.2 Å². The lowest BCUT2D eigenvalue weighted by atomic mass is 10.5. The van der Waals surface area contributed by atoms with Crippen LogP contribution < -0.4 is 0 Å². The van der Waals surface area contributed by atoms with E-state index in [4.69, 9.17) is 14.2 Å². The predicted octanol–water partition coefficient (Wildman–Crippen LogP) is 0.394. The molecule has 2 atom stereocenters. The number of rotatable bonds is 4. The second kappa shape index (κ2) is 3.15. The van der Waals surface area contributed by atoms with Gasteiger partial charge in [0.15, 0.2) is 6.29 Å². The van der Waals surface area contributed by atoms with Gasteiger partial charge in [-0.05, 0) is 6.92 Å². The average molecular weight is 132 g/mol. The molecule has 0 amide bonds. The Hall–Kier alpha value is -0.120. The summed E-state index contributed by atoms with van der Waals surface area (Å²) in [4.78, 5) is 0. The lowest BCUT2D eigenvalue weighted by Crippen LogP contribution is -2.05. The molecule has 3 nitrogen and oxygen atoms in total. The zero-order valence-electron chi connectivity index (χ0n) is 5.79. The fourth-order valence-corrected chi connectivity index (χ4v) is 0.686. The molecule has 3 heteroatoms. The van der Waals surface area contributed by atoms with Crippen molar-refractivity contribution in [2.24, 2.45) is 0 Å². The molecule has 9 heavy (non-hydrogen) atoms. The van der Waals surface area contributed by atoms with Crippen LogP contribution in [-0.2, 0) is 14.2 Å². The highest BCUT2D eigenvalue weighted by molar-refractivity contribution is 4.75. The van der Waals surface area contributed by atoms with Gasteiger partial charge in [0.2, 0.25) is 0 Å². The van der Waals surface area contributed by atoms with E-state index in [0.29, 0.717) is 6.61 Å². The van der Waals surface area contributed by atoms with E-state index >= 15 is 0 Å². The first kappa shape index (κ1) is 6.99. The summed E-state index contributed by atoms with van der Waals surface area (Å²) in [6, 6.07) is 0. The van der Waals surface area contributed by atoms with E-state index in [1.54, 1.807) is 7.11 Å². The maximum Gasteiger partial charge on any atom is 0.186 e. The van der Waals surface area contributed by atoms with Crippen LogP contribution in [0.4, 0.5) is 0 Å². The highest BCUT2D eigenvalue weighted by Crippen LogP contribution is 2.21. The van der Waals surface area contributed by atoms with Gasteiger partial charge < -0.3 is 14.2 Å². The standard InChI is InChI=1S/C6H12O3/c1-3-8-4-5-6(7-2)9-5/h5-6H,3-4H2,1-2H3. The molecular formula is C6H12O3. The highest BCUT2D eigenvalue weighted by atomic mass is 16.8. The second-order valence-corrected chi connectivity index (χ2v) is 1.94. The van der Waals surface area contributed by atoms with Crippen LogP contribution in [0.25, 0.3) is 0 Å². The number of epoxide rings is 1. The largest absolute Gasteiger partial charge is 0.379 e. The van der Waals surface area contributed by atoms with Crippen LogP contribution in [0.5, 0.6) is 0 Å². The monoisotopic (exact) mass is 132 g/mol. The van der Waals surface area contributed by atoms with E-state index < -0.39 is 0 Å². The number of hydrogen-bond donors (Lipinski definition) is 0. The molecule has 0 saturated carbocycles. The molecule has 0 aromatic rings. The maximum absolute atomic E-state index is 5.08. The van der Waals surface area contributed by atoms with Crippen molar-refractivity contribution in [3.63, 3.8) is 0 Å².